The summed E-state index contributed by atoms with van der Waals surface area (Å²) in [6.07, 6.45) is 0.186. The minimum atomic E-state index is -0.586. The Morgan fingerprint density at radius 2 is 1.76 bits per heavy atom. The van der Waals surface area contributed by atoms with Gasteiger partial charge in [-0.05, 0) is 12.3 Å². The molecule has 0 bridgehead atoms. The molecular weight excluding hydrogens is 396 g/mol. The predicted molar refractivity (Wildman–Crippen MR) is 110 cm³/mol. The fourth-order valence-corrected chi connectivity index (χ4v) is 3.60. The van der Waals surface area contributed by atoms with Gasteiger partial charge in [0.15, 0.2) is 11.4 Å². The van der Waals surface area contributed by atoms with Crippen LogP contribution in [0.4, 0.5) is 0 Å². The van der Waals surface area contributed by atoms with Gasteiger partial charge in [0.25, 0.3) is 5.56 Å². The van der Waals surface area contributed by atoms with Gasteiger partial charge in [0.05, 0.1) is 12.4 Å². The summed E-state index contributed by atoms with van der Waals surface area (Å²) in [4.78, 5) is 57.6. The van der Waals surface area contributed by atoms with Gasteiger partial charge >= 0.3 is 11.7 Å². The number of hydrogen-bond acceptors (Lipinski definition) is 8. The molecule has 2 rings (SSSR count). The molecule has 0 spiro atoms. The lowest BCUT2D eigenvalue weighted by Gasteiger charge is -2.18. The molecule has 0 amide bonds. The number of esters is 1. The van der Waals surface area contributed by atoms with Crippen LogP contribution in [0.15, 0.2) is 14.6 Å². The van der Waals surface area contributed by atoms with Gasteiger partial charge in [0.2, 0.25) is 0 Å². The van der Waals surface area contributed by atoms with Crippen LogP contribution in [0.3, 0.4) is 0 Å². The second kappa shape index (κ2) is 8.89. The minimum absolute atomic E-state index is 0.0497. The highest BCUT2D eigenvalue weighted by Crippen LogP contribution is 2.25. The first-order valence-corrected chi connectivity index (χ1v) is 10.2. The number of ketones is 1. The zero-order valence-corrected chi connectivity index (χ0v) is 18.4. The first-order valence-electron chi connectivity index (χ1n) is 9.21. The molecule has 0 aliphatic heterocycles. The molecular formula is C19H26N4O5S. The molecule has 0 atom stereocenters. The largest absolute Gasteiger partial charge is 0.466 e. The fourth-order valence-electron chi connectivity index (χ4n) is 2.70. The van der Waals surface area contributed by atoms with E-state index < -0.39 is 17.2 Å². The lowest BCUT2D eigenvalue weighted by molar-refractivity contribution is -0.145. The number of aryl methyl sites for hydroxylation is 1. The number of hydrogen-bond donors (Lipinski definition) is 0. The smallest absolute Gasteiger partial charge is 0.332 e. The van der Waals surface area contributed by atoms with Gasteiger partial charge in [-0.3, -0.25) is 23.5 Å². The summed E-state index contributed by atoms with van der Waals surface area (Å²) in [6, 6.07) is 0. The van der Waals surface area contributed by atoms with Gasteiger partial charge in [-0.15, -0.1) is 0 Å². The van der Waals surface area contributed by atoms with Crippen molar-refractivity contribution in [1.29, 1.82) is 0 Å². The molecule has 10 heteroatoms. The van der Waals surface area contributed by atoms with Crippen LogP contribution in [-0.4, -0.2) is 43.2 Å². The quantitative estimate of drug-likeness (QED) is 0.283. The number of aromatic nitrogens is 4. The number of nitrogens with zero attached hydrogens (tertiary/aromatic N) is 4. The first-order chi connectivity index (χ1) is 13.4. The lowest BCUT2D eigenvalue weighted by atomic mass is 9.92. The Labute approximate surface area is 172 Å². The number of Topliss-reactive ketones (excluding diaryl/α,β-unsaturated/α-hetero) is 1. The molecule has 2 aromatic heterocycles. The molecule has 0 radical (unpaired) electrons. The Balaban J connectivity index is 2.51. The maximum absolute atomic E-state index is 12.7. The third-order valence-electron chi connectivity index (χ3n) is 4.02. The van der Waals surface area contributed by atoms with Crippen LogP contribution in [-0.2, 0) is 34.8 Å². The van der Waals surface area contributed by atoms with E-state index in [4.69, 9.17) is 4.74 Å². The Morgan fingerprint density at radius 1 is 1.10 bits per heavy atom. The standard InChI is InChI=1S/C19H26N4O5S/c1-7-28-13(25)8-11(24)10-29-16-14-15(20-12(21-16)9-19(2,3)4)22(5)18(27)23(6)17(14)26/h7-10H2,1-6H3. The molecule has 158 valence electrons. The summed E-state index contributed by atoms with van der Waals surface area (Å²) in [5.74, 6) is -0.489. The van der Waals surface area contributed by atoms with Crippen LogP contribution >= 0.6 is 11.8 Å². The second-order valence-electron chi connectivity index (χ2n) is 7.90. The number of ether oxygens (including phenoxy) is 1. The molecule has 0 saturated heterocycles. The average Bonchev–Trinajstić information content (AvgIpc) is 2.61. The van der Waals surface area contributed by atoms with E-state index >= 15 is 0 Å². The van der Waals surface area contributed by atoms with E-state index in [9.17, 15) is 19.2 Å². The van der Waals surface area contributed by atoms with Crippen molar-refractivity contribution in [3.63, 3.8) is 0 Å². The number of carbonyl (C=O) groups is 2. The summed E-state index contributed by atoms with van der Waals surface area (Å²) in [5.41, 5.74) is -0.899. The zero-order chi connectivity index (χ0) is 21.9. The predicted octanol–water partition coefficient (Wildman–Crippen LogP) is 1.23. The van der Waals surface area contributed by atoms with E-state index in [2.05, 4.69) is 9.97 Å². The van der Waals surface area contributed by atoms with E-state index in [1.54, 1.807) is 14.0 Å². The van der Waals surface area contributed by atoms with E-state index in [1.807, 2.05) is 20.8 Å². The number of fused-ring (bicyclic) bond motifs is 1. The van der Waals surface area contributed by atoms with Gasteiger partial charge in [-0.2, -0.15) is 0 Å². The van der Waals surface area contributed by atoms with E-state index in [-0.39, 0.29) is 41.0 Å². The first kappa shape index (κ1) is 22.8. The SMILES string of the molecule is CCOC(=O)CC(=O)CSc1nc(CC(C)(C)C)nc2c1c(=O)n(C)c(=O)n2C. The van der Waals surface area contributed by atoms with Gasteiger partial charge in [0, 0.05) is 20.5 Å². The highest BCUT2D eigenvalue weighted by molar-refractivity contribution is 8.00. The number of thioether (sulfide) groups is 1. The summed E-state index contributed by atoms with van der Waals surface area (Å²) >= 11 is 1.06. The molecule has 0 unspecified atom stereocenters. The third-order valence-corrected chi connectivity index (χ3v) is 5.05. The summed E-state index contributed by atoms with van der Waals surface area (Å²) < 4.78 is 7.07. The normalized spacial score (nSPS) is 11.7. The Bertz CT molecular complexity index is 1070. The van der Waals surface area contributed by atoms with Crippen LogP contribution < -0.4 is 11.2 Å². The van der Waals surface area contributed by atoms with Crippen molar-refractivity contribution < 1.29 is 14.3 Å². The van der Waals surface area contributed by atoms with Gasteiger partial charge in [-0.1, -0.05) is 32.5 Å². The van der Waals surface area contributed by atoms with Crippen LogP contribution in [0, 0.1) is 5.41 Å². The Kier molecular flexibility index (Phi) is 6.99. The summed E-state index contributed by atoms with van der Waals surface area (Å²) in [7, 11) is 2.92. The average molecular weight is 423 g/mol. The van der Waals surface area contributed by atoms with Crippen molar-refractivity contribution in [2.45, 2.75) is 45.6 Å². The van der Waals surface area contributed by atoms with Crippen LogP contribution in [0.2, 0.25) is 0 Å². The maximum atomic E-state index is 12.7. The van der Waals surface area contributed by atoms with E-state index in [0.29, 0.717) is 17.3 Å². The van der Waals surface area contributed by atoms with Crippen LogP contribution in [0.1, 0.15) is 39.9 Å². The molecule has 2 heterocycles. The monoisotopic (exact) mass is 422 g/mol. The second-order valence-corrected chi connectivity index (χ2v) is 8.86. The highest BCUT2D eigenvalue weighted by Gasteiger charge is 2.21. The van der Waals surface area contributed by atoms with Crippen LogP contribution in [0.25, 0.3) is 11.0 Å². The summed E-state index contributed by atoms with van der Waals surface area (Å²) in [5, 5.41) is 0.504. The minimum Gasteiger partial charge on any atom is -0.466 e. The van der Waals surface area contributed by atoms with Crippen molar-refractivity contribution >= 4 is 34.5 Å². The molecule has 0 saturated carbocycles. The molecule has 0 N–H and O–H groups in total. The molecule has 9 nitrogen and oxygen atoms in total. The molecule has 2 aromatic rings. The van der Waals surface area contributed by atoms with Crippen molar-refractivity contribution in [3.05, 3.63) is 26.7 Å². The molecule has 29 heavy (non-hydrogen) atoms. The fraction of sp³-hybridized carbons (Fsp3) is 0.579. The van der Waals surface area contributed by atoms with Crippen molar-refractivity contribution in [3.8, 4) is 0 Å². The number of rotatable bonds is 7. The number of carbonyl (C=O) groups excluding carboxylic acids is 2. The van der Waals surface area contributed by atoms with Crippen molar-refractivity contribution in [2.75, 3.05) is 12.4 Å². The maximum Gasteiger partial charge on any atom is 0.332 e. The Hall–Kier alpha value is -2.49. The molecule has 0 aromatic carbocycles. The molecule has 0 aliphatic rings. The zero-order valence-electron chi connectivity index (χ0n) is 17.6. The third kappa shape index (κ3) is 5.53. The lowest BCUT2D eigenvalue weighted by Crippen LogP contribution is -2.38. The summed E-state index contributed by atoms with van der Waals surface area (Å²) in [6.45, 7) is 7.95. The molecule has 0 aliphatic carbocycles. The highest BCUT2D eigenvalue weighted by atomic mass is 32.2. The van der Waals surface area contributed by atoms with Gasteiger partial charge in [0.1, 0.15) is 22.7 Å². The van der Waals surface area contributed by atoms with Crippen molar-refractivity contribution in [2.24, 2.45) is 19.5 Å². The van der Waals surface area contributed by atoms with Crippen molar-refractivity contribution in [1.82, 2.24) is 19.1 Å². The van der Waals surface area contributed by atoms with E-state index in [1.165, 1.54) is 11.6 Å². The molecule has 0 fully saturated rings. The van der Waals surface area contributed by atoms with Gasteiger partial charge in [-0.25, -0.2) is 14.8 Å². The van der Waals surface area contributed by atoms with Gasteiger partial charge < -0.3 is 4.74 Å². The Morgan fingerprint density at radius 3 is 2.34 bits per heavy atom. The van der Waals surface area contributed by atoms with Crippen LogP contribution in [0.5, 0.6) is 0 Å². The topological polar surface area (TPSA) is 113 Å². The van der Waals surface area contributed by atoms with E-state index in [0.717, 1.165) is 16.3 Å².